The van der Waals surface area contributed by atoms with Crippen molar-refractivity contribution in [3.05, 3.63) is 120 Å². The first kappa shape index (κ1) is 20.9. The van der Waals surface area contributed by atoms with Gasteiger partial charge in [-0.2, -0.15) is 0 Å². The van der Waals surface area contributed by atoms with E-state index in [2.05, 4.69) is 10.6 Å². The topological polar surface area (TPSA) is 80.6 Å². The Morgan fingerprint density at radius 1 is 0.781 bits per heavy atom. The van der Waals surface area contributed by atoms with E-state index < -0.39 is 0 Å². The molecular formula is C26H22N2O4. The summed E-state index contributed by atoms with van der Waals surface area (Å²) in [7, 11) is 0. The van der Waals surface area contributed by atoms with Crippen LogP contribution in [0.2, 0.25) is 0 Å². The van der Waals surface area contributed by atoms with Crippen molar-refractivity contribution in [2.75, 3.05) is 5.32 Å². The summed E-state index contributed by atoms with van der Waals surface area (Å²) in [5.41, 5.74) is 2.95. The molecule has 0 radical (unpaired) electrons. The molecule has 0 bridgehead atoms. The average Bonchev–Trinajstić information content (AvgIpc) is 3.38. The normalized spacial score (nSPS) is 10.4. The largest absolute Gasteiger partial charge is 0.489 e. The zero-order valence-corrected chi connectivity index (χ0v) is 17.3. The lowest BCUT2D eigenvalue weighted by Crippen LogP contribution is -2.23. The van der Waals surface area contributed by atoms with Gasteiger partial charge in [0.1, 0.15) is 12.4 Å². The molecule has 160 valence electrons. The molecule has 3 aromatic carbocycles. The third kappa shape index (κ3) is 5.64. The smallest absolute Gasteiger partial charge is 0.291 e. The van der Waals surface area contributed by atoms with Gasteiger partial charge in [0, 0.05) is 17.8 Å². The molecule has 0 aliphatic carbocycles. The number of benzene rings is 3. The average molecular weight is 426 g/mol. The Kier molecular flexibility index (Phi) is 6.63. The van der Waals surface area contributed by atoms with Crippen LogP contribution in [0.4, 0.5) is 5.69 Å². The standard InChI is InChI=1S/C26H22N2O4/c29-25(21-9-5-10-22(16-21)28-26(30)24-13-6-14-31-24)27-17-19-7-4-8-20(15-19)18-32-23-11-2-1-3-12-23/h1-16H,17-18H2,(H,27,29)(H,28,30). The Morgan fingerprint density at radius 3 is 2.41 bits per heavy atom. The zero-order valence-electron chi connectivity index (χ0n) is 17.3. The van der Waals surface area contributed by atoms with Crippen LogP contribution in [0, 0.1) is 0 Å². The second-order valence-corrected chi connectivity index (χ2v) is 7.12. The van der Waals surface area contributed by atoms with E-state index in [0.29, 0.717) is 24.4 Å². The molecular weight excluding hydrogens is 404 g/mol. The van der Waals surface area contributed by atoms with E-state index in [-0.39, 0.29) is 17.6 Å². The predicted octanol–water partition coefficient (Wildman–Crippen LogP) is 5.04. The molecule has 2 N–H and O–H groups in total. The van der Waals surface area contributed by atoms with Gasteiger partial charge in [0.2, 0.25) is 0 Å². The van der Waals surface area contributed by atoms with E-state index in [9.17, 15) is 9.59 Å². The van der Waals surface area contributed by atoms with Crippen LogP contribution in [0.25, 0.3) is 0 Å². The lowest BCUT2D eigenvalue weighted by molar-refractivity contribution is 0.0949. The molecule has 1 aromatic heterocycles. The van der Waals surface area contributed by atoms with Gasteiger partial charge in [0.25, 0.3) is 11.8 Å². The van der Waals surface area contributed by atoms with E-state index in [4.69, 9.17) is 9.15 Å². The van der Waals surface area contributed by atoms with Gasteiger partial charge in [0.15, 0.2) is 5.76 Å². The molecule has 0 aliphatic rings. The fraction of sp³-hybridized carbons (Fsp3) is 0.0769. The molecule has 4 rings (SSSR count). The van der Waals surface area contributed by atoms with Crippen molar-refractivity contribution >= 4 is 17.5 Å². The first-order valence-corrected chi connectivity index (χ1v) is 10.2. The maximum absolute atomic E-state index is 12.6. The van der Waals surface area contributed by atoms with Crippen LogP contribution in [0.3, 0.4) is 0 Å². The molecule has 4 aromatic rings. The Morgan fingerprint density at radius 2 is 1.59 bits per heavy atom. The molecule has 0 spiro atoms. The highest BCUT2D eigenvalue weighted by Gasteiger charge is 2.11. The van der Waals surface area contributed by atoms with Gasteiger partial charge >= 0.3 is 0 Å². The fourth-order valence-electron chi connectivity index (χ4n) is 3.14. The number of carbonyl (C=O) groups is 2. The highest BCUT2D eigenvalue weighted by molar-refractivity contribution is 6.03. The number of carbonyl (C=O) groups excluding carboxylic acids is 2. The minimum atomic E-state index is -0.373. The summed E-state index contributed by atoms with van der Waals surface area (Å²) in [5.74, 6) is 0.410. The van der Waals surface area contributed by atoms with Gasteiger partial charge in [-0.3, -0.25) is 9.59 Å². The van der Waals surface area contributed by atoms with Gasteiger partial charge in [-0.1, -0.05) is 48.5 Å². The molecule has 32 heavy (non-hydrogen) atoms. The number of hydrogen-bond donors (Lipinski definition) is 2. The molecule has 6 nitrogen and oxygen atoms in total. The Hall–Kier alpha value is -4.32. The monoisotopic (exact) mass is 426 g/mol. The molecule has 0 aliphatic heterocycles. The number of nitrogens with one attached hydrogen (secondary N) is 2. The van der Waals surface area contributed by atoms with E-state index in [1.54, 1.807) is 36.4 Å². The SMILES string of the molecule is O=C(NCc1cccc(COc2ccccc2)c1)c1cccc(NC(=O)c2ccco2)c1. The van der Waals surface area contributed by atoms with Crippen molar-refractivity contribution in [3.63, 3.8) is 0 Å². The zero-order chi connectivity index (χ0) is 22.2. The van der Waals surface area contributed by atoms with Gasteiger partial charge in [-0.05, 0) is 53.6 Å². The summed E-state index contributed by atoms with van der Waals surface area (Å²) in [5, 5.41) is 5.64. The second-order valence-electron chi connectivity index (χ2n) is 7.12. The quantitative estimate of drug-likeness (QED) is 0.414. The van der Waals surface area contributed by atoms with Crippen LogP contribution < -0.4 is 15.4 Å². The van der Waals surface area contributed by atoms with Crippen LogP contribution in [-0.4, -0.2) is 11.8 Å². The minimum Gasteiger partial charge on any atom is -0.489 e. The molecule has 0 saturated carbocycles. The van der Waals surface area contributed by atoms with Crippen molar-refractivity contribution < 1.29 is 18.7 Å². The summed E-state index contributed by atoms with van der Waals surface area (Å²) >= 11 is 0. The maximum Gasteiger partial charge on any atom is 0.291 e. The van der Waals surface area contributed by atoms with E-state index in [1.165, 1.54) is 6.26 Å². The summed E-state index contributed by atoms with van der Waals surface area (Å²) in [6.45, 7) is 0.824. The van der Waals surface area contributed by atoms with Crippen LogP contribution in [0.1, 0.15) is 32.0 Å². The highest BCUT2D eigenvalue weighted by atomic mass is 16.5. The molecule has 2 amide bonds. The molecule has 0 atom stereocenters. The van der Waals surface area contributed by atoms with E-state index in [1.807, 2.05) is 54.6 Å². The summed E-state index contributed by atoms with van der Waals surface area (Å²) in [4.78, 5) is 24.7. The lowest BCUT2D eigenvalue weighted by Gasteiger charge is -2.10. The Bertz CT molecular complexity index is 1190. The van der Waals surface area contributed by atoms with Gasteiger partial charge < -0.3 is 19.8 Å². The summed E-state index contributed by atoms with van der Waals surface area (Å²) in [6, 6.07) is 27.5. The third-order valence-electron chi connectivity index (χ3n) is 4.72. The molecule has 1 heterocycles. The molecule has 0 fully saturated rings. The number of furan rings is 1. The number of ether oxygens (including phenoxy) is 1. The first-order valence-electron chi connectivity index (χ1n) is 10.2. The third-order valence-corrected chi connectivity index (χ3v) is 4.72. The molecule has 0 unspecified atom stereocenters. The number of rotatable bonds is 8. The van der Waals surface area contributed by atoms with Crippen LogP contribution >= 0.6 is 0 Å². The number of anilines is 1. The number of hydrogen-bond acceptors (Lipinski definition) is 4. The van der Waals surface area contributed by atoms with Crippen molar-refractivity contribution in [1.82, 2.24) is 5.32 Å². The van der Waals surface area contributed by atoms with Crippen molar-refractivity contribution in [1.29, 1.82) is 0 Å². The molecule has 6 heteroatoms. The Labute approximate surface area is 185 Å². The highest BCUT2D eigenvalue weighted by Crippen LogP contribution is 2.15. The minimum absolute atomic E-state index is 0.205. The van der Waals surface area contributed by atoms with Gasteiger partial charge in [0.05, 0.1) is 6.26 Å². The Balaban J connectivity index is 1.33. The van der Waals surface area contributed by atoms with E-state index in [0.717, 1.165) is 16.9 Å². The maximum atomic E-state index is 12.6. The lowest BCUT2D eigenvalue weighted by atomic mass is 10.1. The fourth-order valence-corrected chi connectivity index (χ4v) is 3.14. The van der Waals surface area contributed by atoms with E-state index >= 15 is 0 Å². The van der Waals surface area contributed by atoms with Crippen molar-refractivity contribution in [3.8, 4) is 5.75 Å². The number of para-hydroxylation sites is 1. The second kappa shape index (κ2) is 10.1. The van der Waals surface area contributed by atoms with Crippen LogP contribution in [0.5, 0.6) is 5.75 Å². The molecule has 0 saturated heterocycles. The van der Waals surface area contributed by atoms with Gasteiger partial charge in [-0.25, -0.2) is 0 Å². The van der Waals surface area contributed by atoms with Crippen LogP contribution in [-0.2, 0) is 13.2 Å². The van der Waals surface area contributed by atoms with Crippen molar-refractivity contribution in [2.24, 2.45) is 0 Å². The first-order chi connectivity index (χ1) is 15.7. The van der Waals surface area contributed by atoms with Crippen molar-refractivity contribution in [2.45, 2.75) is 13.2 Å². The predicted molar refractivity (Wildman–Crippen MR) is 121 cm³/mol. The van der Waals surface area contributed by atoms with Gasteiger partial charge in [-0.15, -0.1) is 0 Å². The number of amides is 2. The van der Waals surface area contributed by atoms with Crippen LogP contribution in [0.15, 0.2) is 102 Å². The summed E-state index contributed by atoms with van der Waals surface area (Å²) in [6.07, 6.45) is 1.43. The summed E-state index contributed by atoms with van der Waals surface area (Å²) < 4.78 is 10.9.